The number of H-pyrrole nitrogens is 1. The molecule has 1 aliphatic rings. The summed E-state index contributed by atoms with van der Waals surface area (Å²) >= 11 is 0. The molecule has 1 fully saturated rings. The summed E-state index contributed by atoms with van der Waals surface area (Å²) in [5.74, 6) is 2.78. The summed E-state index contributed by atoms with van der Waals surface area (Å²) in [5, 5.41) is 15.5. The van der Waals surface area contributed by atoms with Crippen molar-refractivity contribution < 1.29 is 0 Å². The number of hydrogen-bond donors (Lipinski definition) is 1. The lowest BCUT2D eigenvalue weighted by atomic mass is 9.98. The van der Waals surface area contributed by atoms with Crippen LogP contribution < -0.4 is 0 Å². The Balaban J connectivity index is 2.12. The zero-order chi connectivity index (χ0) is 9.97. The van der Waals surface area contributed by atoms with Crippen molar-refractivity contribution in [2.45, 2.75) is 38.5 Å². The van der Waals surface area contributed by atoms with E-state index < -0.39 is 0 Å². The van der Waals surface area contributed by atoms with Gasteiger partial charge in [-0.15, -0.1) is 0 Å². The number of hydrogen-bond acceptors (Lipinski definition) is 3. The number of aromatic nitrogens is 3. The van der Waals surface area contributed by atoms with Gasteiger partial charge in [-0.2, -0.15) is 10.4 Å². The smallest absolute Gasteiger partial charge is 0.154 e. The molecule has 1 aromatic rings. The molecule has 0 bridgehead atoms. The van der Waals surface area contributed by atoms with Gasteiger partial charge in [0.2, 0.25) is 0 Å². The highest BCUT2D eigenvalue weighted by Gasteiger charge is 2.27. The van der Waals surface area contributed by atoms with Gasteiger partial charge in [0.25, 0.3) is 0 Å². The third kappa shape index (κ3) is 1.63. The molecule has 0 saturated heterocycles. The topological polar surface area (TPSA) is 65.4 Å². The Morgan fingerprint density at radius 2 is 2.43 bits per heavy atom. The summed E-state index contributed by atoms with van der Waals surface area (Å²) < 4.78 is 0. The zero-order valence-electron chi connectivity index (χ0n) is 8.32. The van der Waals surface area contributed by atoms with Crippen LogP contribution in [0.5, 0.6) is 0 Å². The predicted octanol–water partition coefficient (Wildman–Crippen LogP) is 1.77. The molecule has 0 radical (unpaired) electrons. The van der Waals surface area contributed by atoms with Crippen molar-refractivity contribution in [3.63, 3.8) is 0 Å². The van der Waals surface area contributed by atoms with Crippen LogP contribution in [-0.4, -0.2) is 15.2 Å². The van der Waals surface area contributed by atoms with Crippen LogP contribution in [0, 0.1) is 17.2 Å². The van der Waals surface area contributed by atoms with Gasteiger partial charge < -0.3 is 0 Å². The van der Waals surface area contributed by atoms with Crippen molar-refractivity contribution in [2.24, 2.45) is 5.92 Å². The molecule has 0 spiro atoms. The lowest BCUT2D eigenvalue weighted by molar-refractivity contribution is 0.511. The van der Waals surface area contributed by atoms with Crippen molar-refractivity contribution in [3.8, 4) is 6.07 Å². The molecule has 1 saturated carbocycles. The third-order valence-electron chi connectivity index (χ3n) is 2.99. The van der Waals surface area contributed by atoms with E-state index in [0.29, 0.717) is 24.1 Å². The van der Waals surface area contributed by atoms with Gasteiger partial charge in [0.1, 0.15) is 5.82 Å². The second kappa shape index (κ2) is 3.79. The first kappa shape index (κ1) is 9.20. The second-order valence-electron chi connectivity index (χ2n) is 3.99. The van der Waals surface area contributed by atoms with Crippen LogP contribution in [0.4, 0.5) is 0 Å². The molecule has 4 heteroatoms. The van der Waals surface area contributed by atoms with Crippen molar-refractivity contribution >= 4 is 0 Å². The molecule has 74 valence electrons. The Morgan fingerprint density at radius 3 is 3.07 bits per heavy atom. The molecule has 2 rings (SSSR count). The van der Waals surface area contributed by atoms with Crippen LogP contribution in [0.25, 0.3) is 0 Å². The number of nitrogens with one attached hydrogen (secondary N) is 1. The molecule has 4 nitrogen and oxygen atoms in total. The standard InChI is InChI=1S/C10H14N4/c1-7-3-2-4-8(7)10-12-9(5-6-11)13-14-10/h7-8H,2-5H2,1H3,(H,12,13,14). The van der Waals surface area contributed by atoms with Crippen LogP contribution in [0.1, 0.15) is 43.8 Å². The molecular weight excluding hydrogens is 176 g/mol. The fraction of sp³-hybridized carbons (Fsp3) is 0.700. The van der Waals surface area contributed by atoms with E-state index in [9.17, 15) is 0 Å². The van der Waals surface area contributed by atoms with Crippen LogP contribution >= 0.6 is 0 Å². The van der Waals surface area contributed by atoms with Gasteiger partial charge in [0.05, 0.1) is 12.5 Å². The molecule has 0 aromatic carbocycles. The first-order valence-corrected chi connectivity index (χ1v) is 5.09. The maximum absolute atomic E-state index is 8.51. The largest absolute Gasteiger partial charge is 0.262 e. The van der Waals surface area contributed by atoms with Crippen molar-refractivity contribution in [2.75, 3.05) is 0 Å². The second-order valence-corrected chi connectivity index (χ2v) is 3.99. The number of nitrogens with zero attached hydrogens (tertiary/aromatic N) is 3. The number of aromatic amines is 1. The van der Waals surface area contributed by atoms with Crippen LogP contribution in [0.3, 0.4) is 0 Å². The van der Waals surface area contributed by atoms with Gasteiger partial charge in [-0.25, -0.2) is 4.98 Å². The maximum Gasteiger partial charge on any atom is 0.154 e. The van der Waals surface area contributed by atoms with Crippen LogP contribution in [0.15, 0.2) is 0 Å². The molecule has 0 aliphatic heterocycles. The molecule has 2 unspecified atom stereocenters. The predicted molar refractivity (Wildman–Crippen MR) is 51.5 cm³/mol. The first-order valence-electron chi connectivity index (χ1n) is 5.09. The molecule has 0 amide bonds. The fourth-order valence-corrected chi connectivity index (χ4v) is 2.16. The number of nitriles is 1. The lowest BCUT2D eigenvalue weighted by Gasteiger charge is -2.09. The van der Waals surface area contributed by atoms with Gasteiger partial charge in [-0.05, 0) is 18.8 Å². The van der Waals surface area contributed by atoms with E-state index in [0.717, 1.165) is 5.82 Å². The van der Waals surface area contributed by atoms with Gasteiger partial charge in [0.15, 0.2) is 5.82 Å². The highest BCUT2D eigenvalue weighted by molar-refractivity contribution is 5.04. The summed E-state index contributed by atoms with van der Waals surface area (Å²) in [5.41, 5.74) is 0. The van der Waals surface area contributed by atoms with E-state index in [4.69, 9.17) is 5.26 Å². The zero-order valence-corrected chi connectivity index (χ0v) is 8.32. The van der Waals surface area contributed by atoms with E-state index in [2.05, 4.69) is 28.2 Å². The SMILES string of the molecule is CC1CCCC1c1n[nH]c(CC#N)n1. The van der Waals surface area contributed by atoms with E-state index in [1.54, 1.807) is 0 Å². The molecule has 1 N–H and O–H groups in total. The van der Waals surface area contributed by atoms with Crippen LogP contribution in [-0.2, 0) is 6.42 Å². The van der Waals surface area contributed by atoms with Crippen molar-refractivity contribution in [1.82, 2.24) is 15.2 Å². The summed E-state index contributed by atoms with van der Waals surface area (Å²) in [6, 6.07) is 2.07. The van der Waals surface area contributed by atoms with Crippen molar-refractivity contribution in [3.05, 3.63) is 11.6 Å². The monoisotopic (exact) mass is 190 g/mol. The highest BCUT2D eigenvalue weighted by atomic mass is 15.2. The molecule has 2 atom stereocenters. The Labute approximate surface area is 83.4 Å². The Bertz CT molecular complexity index is 349. The minimum Gasteiger partial charge on any atom is -0.262 e. The molecular formula is C10H14N4. The molecule has 14 heavy (non-hydrogen) atoms. The van der Waals surface area contributed by atoms with E-state index in [-0.39, 0.29) is 0 Å². The summed E-state index contributed by atoms with van der Waals surface area (Å²) in [6.45, 7) is 2.25. The fourth-order valence-electron chi connectivity index (χ4n) is 2.16. The normalized spacial score (nSPS) is 26.3. The van der Waals surface area contributed by atoms with Gasteiger partial charge >= 0.3 is 0 Å². The van der Waals surface area contributed by atoms with E-state index in [1.807, 2.05) is 0 Å². The van der Waals surface area contributed by atoms with Gasteiger partial charge in [-0.3, -0.25) is 5.10 Å². The molecule has 1 aromatic heterocycles. The Kier molecular flexibility index (Phi) is 2.49. The summed E-state index contributed by atoms with van der Waals surface area (Å²) in [4.78, 5) is 4.34. The Morgan fingerprint density at radius 1 is 1.57 bits per heavy atom. The first-order chi connectivity index (χ1) is 6.81. The van der Waals surface area contributed by atoms with Crippen LogP contribution in [0.2, 0.25) is 0 Å². The molecule has 1 heterocycles. The number of rotatable bonds is 2. The third-order valence-corrected chi connectivity index (χ3v) is 2.99. The van der Waals surface area contributed by atoms with Gasteiger partial charge in [0, 0.05) is 5.92 Å². The van der Waals surface area contributed by atoms with E-state index >= 15 is 0 Å². The Hall–Kier alpha value is -1.37. The average Bonchev–Trinajstić information content (AvgIpc) is 2.74. The minimum atomic E-state index is 0.327. The average molecular weight is 190 g/mol. The lowest BCUT2D eigenvalue weighted by Crippen LogP contribution is -2.04. The minimum absolute atomic E-state index is 0.327. The van der Waals surface area contributed by atoms with E-state index in [1.165, 1.54) is 19.3 Å². The van der Waals surface area contributed by atoms with Gasteiger partial charge in [-0.1, -0.05) is 13.3 Å². The highest BCUT2D eigenvalue weighted by Crippen LogP contribution is 2.37. The quantitative estimate of drug-likeness (QED) is 0.773. The summed E-state index contributed by atoms with van der Waals surface area (Å²) in [7, 11) is 0. The summed E-state index contributed by atoms with van der Waals surface area (Å²) in [6.07, 6.45) is 4.06. The molecule has 1 aliphatic carbocycles. The van der Waals surface area contributed by atoms with Crippen molar-refractivity contribution in [1.29, 1.82) is 5.26 Å². The maximum atomic E-state index is 8.51.